The average Bonchev–Trinajstić information content (AvgIpc) is 3.15. The summed E-state index contributed by atoms with van der Waals surface area (Å²) in [5.41, 5.74) is 4.10. The third-order valence-corrected chi connectivity index (χ3v) is 5.53. The summed E-state index contributed by atoms with van der Waals surface area (Å²) in [6, 6.07) is 13.8. The van der Waals surface area contributed by atoms with Gasteiger partial charge in [-0.05, 0) is 35.9 Å². The van der Waals surface area contributed by atoms with Gasteiger partial charge in [-0.15, -0.1) is 0 Å². The van der Waals surface area contributed by atoms with E-state index < -0.39 is 0 Å². The molecule has 3 heterocycles. The lowest BCUT2D eigenvalue weighted by atomic mass is 10.1. The predicted octanol–water partition coefficient (Wildman–Crippen LogP) is 2.38. The molecule has 7 nitrogen and oxygen atoms in total. The van der Waals surface area contributed by atoms with Gasteiger partial charge in [0.05, 0.1) is 24.9 Å². The molecule has 7 heteroatoms. The van der Waals surface area contributed by atoms with Crippen LogP contribution in [0.25, 0.3) is 11.3 Å². The highest BCUT2D eigenvalue weighted by Crippen LogP contribution is 2.19. The molecular weight excluding hydrogens is 378 g/mol. The maximum atomic E-state index is 12.7. The van der Waals surface area contributed by atoms with Crippen LogP contribution in [0.1, 0.15) is 11.3 Å². The van der Waals surface area contributed by atoms with E-state index in [0.29, 0.717) is 6.42 Å². The van der Waals surface area contributed by atoms with Gasteiger partial charge in [0.1, 0.15) is 5.75 Å². The van der Waals surface area contributed by atoms with Crippen LogP contribution in [0.5, 0.6) is 5.75 Å². The van der Waals surface area contributed by atoms with Crippen LogP contribution in [0, 0.1) is 0 Å². The Morgan fingerprint density at radius 1 is 1.10 bits per heavy atom. The van der Waals surface area contributed by atoms with Crippen molar-refractivity contribution in [1.29, 1.82) is 0 Å². The van der Waals surface area contributed by atoms with E-state index in [-0.39, 0.29) is 5.91 Å². The highest BCUT2D eigenvalue weighted by Gasteiger charge is 2.22. The van der Waals surface area contributed by atoms with Gasteiger partial charge in [0, 0.05) is 57.7 Å². The Labute approximate surface area is 176 Å². The van der Waals surface area contributed by atoms with Crippen molar-refractivity contribution in [3.63, 3.8) is 0 Å². The maximum Gasteiger partial charge on any atom is 0.227 e. The topological polar surface area (TPSA) is 63.5 Å². The largest absolute Gasteiger partial charge is 0.497 e. The lowest BCUT2D eigenvalue weighted by molar-refractivity contribution is -0.132. The maximum absolute atomic E-state index is 12.7. The van der Waals surface area contributed by atoms with Gasteiger partial charge in [-0.2, -0.15) is 5.10 Å². The van der Waals surface area contributed by atoms with E-state index in [9.17, 15) is 4.79 Å². The minimum Gasteiger partial charge on any atom is -0.497 e. The first-order valence-corrected chi connectivity index (χ1v) is 10.2. The second-order valence-electron chi connectivity index (χ2n) is 7.57. The number of pyridine rings is 1. The van der Waals surface area contributed by atoms with Crippen LogP contribution in [0.2, 0.25) is 0 Å². The molecule has 0 bridgehead atoms. The molecular formula is C23H27N5O2. The number of aryl methyl sites for hydroxylation is 1. The molecule has 0 aliphatic carbocycles. The van der Waals surface area contributed by atoms with Crippen molar-refractivity contribution >= 4 is 5.91 Å². The van der Waals surface area contributed by atoms with Gasteiger partial charge in [0.15, 0.2) is 0 Å². The zero-order chi connectivity index (χ0) is 20.9. The Balaban J connectivity index is 1.31. The number of hydrogen-bond acceptors (Lipinski definition) is 5. The van der Waals surface area contributed by atoms with Crippen LogP contribution >= 0.6 is 0 Å². The Morgan fingerprint density at radius 2 is 1.93 bits per heavy atom. The van der Waals surface area contributed by atoms with Gasteiger partial charge >= 0.3 is 0 Å². The van der Waals surface area contributed by atoms with E-state index >= 15 is 0 Å². The van der Waals surface area contributed by atoms with Crippen molar-refractivity contribution in [3.05, 3.63) is 66.1 Å². The van der Waals surface area contributed by atoms with Crippen molar-refractivity contribution in [1.82, 2.24) is 24.6 Å². The van der Waals surface area contributed by atoms with Crippen molar-refractivity contribution in [2.45, 2.75) is 13.0 Å². The molecule has 2 aromatic heterocycles. The molecule has 1 aromatic carbocycles. The van der Waals surface area contributed by atoms with Crippen LogP contribution in [0.15, 0.2) is 54.9 Å². The van der Waals surface area contributed by atoms with E-state index in [0.717, 1.165) is 61.0 Å². The standard InChI is InChI=1S/C23H27N5O2/c1-26-20(15-22(25-26)19-6-4-8-24-16-19)17-27-9-11-28(12-10-27)23(29)14-18-5-3-7-21(13-18)30-2/h3-8,13,15-16H,9-12,14,17H2,1-2H3. The number of rotatable bonds is 6. The first kappa shape index (κ1) is 20.1. The van der Waals surface area contributed by atoms with Crippen molar-refractivity contribution in [2.75, 3.05) is 33.3 Å². The summed E-state index contributed by atoms with van der Waals surface area (Å²) in [7, 11) is 3.62. The Morgan fingerprint density at radius 3 is 2.67 bits per heavy atom. The number of piperazine rings is 1. The normalized spacial score (nSPS) is 14.7. The molecule has 0 unspecified atom stereocenters. The number of nitrogens with zero attached hydrogens (tertiary/aromatic N) is 5. The summed E-state index contributed by atoms with van der Waals surface area (Å²) in [6.07, 6.45) is 4.01. The summed E-state index contributed by atoms with van der Waals surface area (Å²) in [5.74, 6) is 0.953. The number of hydrogen-bond donors (Lipinski definition) is 0. The van der Waals surface area contributed by atoms with Crippen LogP contribution in [0.3, 0.4) is 0 Å². The van der Waals surface area contributed by atoms with Gasteiger partial charge in [0.2, 0.25) is 5.91 Å². The number of carbonyl (C=O) groups excluding carboxylic acids is 1. The van der Waals surface area contributed by atoms with Gasteiger partial charge < -0.3 is 9.64 Å². The number of aromatic nitrogens is 3. The first-order valence-electron chi connectivity index (χ1n) is 10.2. The highest BCUT2D eigenvalue weighted by atomic mass is 16.5. The fraction of sp³-hybridized carbons (Fsp3) is 0.348. The van der Waals surface area contributed by atoms with E-state index in [1.54, 1.807) is 13.3 Å². The summed E-state index contributed by atoms with van der Waals surface area (Å²) < 4.78 is 7.18. The molecule has 1 fully saturated rings. The smallest absolute Gasteiger partial charge is 0.227 e. The predicted molar refractivity (Wildman–Crippen MR) is 115 cm³/mol. The van der Waals surface area contributed by atoms with Crippen LogP contribution in [-0.4, -0.2) is 63.8 Å². The Kier molecular flexibility index (Phi) is 6.09. The van der Waals surface area contributed by atoms with E-state index in [2.05, 4.69) is 21.0 Å². The van der Waals surface area contributed by atoms with Crippen LogP contribution < -0.4 is 4.74 Å². The molecule has 1 aliphatic heterocycles. The van der Waals surface area contributed by atoms with E-state index in [1.165, 1.54) is 0 Å². The van der Waals surface area contributed by atoms with Crippen molar-refractivity contribution in [2.24, 2.45) is 7.05 Å². The fourth-order valence-corrected chi connectivity index (χ4v) is 3.76. The second-order valence-corrected chi connectivity index (χ2v) is 7.57. The third kappa shape index (κ3) is 4.68. The molecule has 1 aliphatic rings. The van der Waals surface area contributed by atoms with Gasteiger partial charge in [-0.1, -0.05) is 12.1 Å². The molecule has 0 N–H and O–H groups in total. The number of amides is 1. The van der Waals surface area contributed by atoms with Crippen LogP contribution in [0.4, 0.5) is 0 Å². The lowest BCUT2D eigenvalue weighted by Crippen LogP contribution is -2.48. The molecule has 0 spiro atoms. The minimum atomic E-state index is 0.169. The summed E-state index contributed by atoms with van der Waals surface area (Å²) >= 11 is 0. The number of benzene rings is 1. The molecule has 1 amide bonds. The zero-order valence-electron chi connectivity index (χ0n) is 17.5. The second kappa shape index (κ2) is 9.09. The lowest BCUT2D eigenvalue weighted by Gasteiger charge is -2.34. The average molecular weight is 406 g/mol. The summed E-state index contributed by atoms with van der Waals surface area (Å²) in [6.45, 7) is 4.03. The summed E-state index contributed by atoms with van der Waals surface area (Å²) in [4.78, 5) is 21.2. The van der Waals surface area contributed by atoms with E-state index in [1.807, 2.05) is 59.2 Å². The number of carbonyl (C=O) groups is 1. The van der Waals surface area contributed by atoms with Gasteiger partial charge in [0.25, 0.3) is 0 Å². The van der Waals surface area contributed by atoms with E-state index in [4.69, 9.17) is 4.74 Å². The van der Waals surface area contributed by atoms with Gasteiger partial charge in [-0.3, -0.25) is 19.4 Å². The quantitative estimate of drug-likeness (QED) is 0.630. The Bertz CT molecular complexity index is 994. The molecule has 0 saturated carbocycles. The molecule has 4 rings (SSSR count). The third-order valence-electron chi connectivity index (χ3n) is 5.53. The zero-order valence-corrected chi connectivity index (χ0v) is 17.5. The molecule has 3 aromatic rings. The van der Waals surface area contributed by atoms with Crippen molar-refractivity contribution in [3.8, 4) is 17.0 Å². The number of ether oxygens (including phenoxy) is 1. The Hall–Kier alpha value is -3.19. The highest BCUT2D eigenvalue weighted by molar-refractivity contribution is 5.79. The SMILES string of the molecule is COc1cccc(CC(=O)N2CCN(Cc3cc(-c4cccnc4)nn3C)CC2)c1. The minimum absolute atomic E-state index is 0.169. The summed E-state index contributed by atoms with van der Waals surface area (Å²) in [5, 5.41) is 4.63. The molecule has 1 saturated heterocycles. The van der Waals surface area contributed by atoms with Gasteiger partial charge in [-0.25, -0.2) is 0 Å². The molecule has 0 atom stereocenters. The molecule has 156 valence electrons. The van der Waals surface area contributed by atoms with Crippen LogP contribution in [-0.2, 0) is 24.8 Å². The number of methoxy groups -OCH3 is 1. The monoisotopic (exact) mass is 405 g/mol. The van der Waals surface area contributed by atoms with Crippen molar-refractivity contribution < 1.29 is 9.53 Å². The molecule has 30 heavy (non-hydrogen) atoms. The first-order chi connectivity index (χ1) is 14.6. The molecule has 0 radical (unpaired) electrons. The fourth-order valence-electron chi connectivity index (χ4n) is 3.76.